The number of aromatic nitrogens is 2. The predicted molar refractivity (Wildman–Crippen MR) is 108 cm³/mol. The highest BCUT2D eigenvalue weighted by Gasteiger charge is 2.17. The lowest BCUT2D eigenvalue weighted by Crippen LogP contribution is -2.39. The normalized spacial score (nSPS) is 17.3. The number of hydrogen-bond acceptors (Lipinski definition) is 5. The van der Waals surface area contributed by atoms with Crippen molar-refractivity contribution in [2.24, 2.45) is 0 Å². The maximum Gasteiger partial charge on any atom is 0.152 e. The molecule has 0 spiro atoms. The Balaban J connectivity index is 1.73. The zero-order valence-electron chi connectivity index (χ0n) is 15.6. The summed E-state index contributed by atoms with van der Waals surface area (Å²) in [5, 5.41) is 12.8. The van der Waals surface area contributed by atoms with Crippen LogP contribution >= 0.6 is 0 Å². The SMILES string of the molecule is O=C1CCc2cccc(c2)-c2ccnc(n2)Cc2cccc(c2)CN[C@H]1CO. The van der Waals surface area contributed by atoms with Crippen LogP contribution in [0.15, 0.2) is 60.8 Å². The van der Waals surface area contributed by atoms with E-state index in [4.69, 9.17) is 4.98 Å². The van der Waals surface area contributed by atoms with Gasteiger partial charge in [-0.25, -0.2) is 9.97 Å². The first-order valence-corrected chi connectivity index (χ1v) is 9.57. The van der Waals surface area contributed by atoms with Gasteiger partial charge >= 0.3 is 0 Å². The summed E-state index contributed by atoms with van der Waals surface area (Å²) in [4.78, 5) is 21.7. The largest absolute Gasteiger partial charge is 0.394 e. The van der Waals surface area contributed by atoms with Crippen LogP contribution in [0.25, 0.3) is 11.3 Å². The highest BCUT2D eigenvalue weighted by molar-refractivity contribution is 5.84. The van der Waals surface area contributed by atoms with Crippen LogP contribution in [-0.4, -0.2) is 33.5 Å². The van der Waals surface area contributed by atoms with Gasteiger partial charge in [-0.05, 0) is 35.2 Å². The van der Waals surface area contributed by atoms with Gasteiger partial charge in [-0.1, -0.05) is 42.5 Å². The topological polar surface area (TPSA) is 75.1 Å². The molecule has 2 aromatic carbocycles. The van der Waals surface area contributed by atoms with Gasteiger partial charge in [-0.3, -0.25) is 4.79 Å². The molecule has 3 aromatic rings. The van der Waals surface area contributed by atoms with Gasteiger partial charge in [0.15, 0.2) is 5.78 Å². The third-order valence-corrected chi connectivity index (χ3v) is 5.07. The van der Waals surface area contributed by atoms with E-state index in [1.54, 1.807) is 6.20 Å². The summed E-state index contributed by atoms with van der Waals surface area (Å²) in [6.45, 7) is 0.332. The summed E-state index contributed by atoms with van der Waals surface area (Å²) in [5.41, 5.74) is 5.17. The van der Waals surface area contributed by atoms with Gasteiger partial charge in [0.1, 0.15) is 5.82 Å². The molecule has 0 saturated heterocycles. The molecule has 28 heavy (non-hydrogen) atoms. The number of carbonyl (C=O) groups is 1. The predicted octanol–water partition coefficient (Wildman–Crippen LogP) is 2.70. The summed E-state index contributed by atoms with van der Waals surface area (Å²) in [6.07, 6.45) is 3.47. The molecule has 2 heterocycles. The molecular formula is C23H23N3O2. The molecule has 0 fully saturated rings. The van der Waals surface area contributed by atoms with E-state index in [9.17, 15) is 9.90 Å². The average molecular weight is 373 g/mol. The van der Waals surface area contributed by atoms with Gasteiger partial charge in [-0.15, -0.1) is 0 Å². The Hall–Kier alpha value is -2.89. The Kier molecular flexibility index (Phi) is 5.55. The van der Waals surface area contributed by atoms with Crippen LogP contribution in [0.3, 0.4) is 0 Å². The summed E-state index contributed by atoms with van der Waals surface area (Å²) >= 11 is 0. The second-order valence-electron chi connectivity index (χ2n) is 7.14. The number of nitrogens with zero attached hydrogens (tertiary/aromatic N) is 2. The molecule has 1 aliphatic rings. The smallest absolute Gasteiger partial charge is 0.152 e. The molecular weight excluding hydrogens is 350 g/mol. The molecule has 0 unspecified atom stereocenters. The summed E-state index contributed by atoms with van der Waals surface area (Å²) in [6, 6.07) is 17.6. The Morgan fingerprint density at radius 2 is 1.82 bits per heavy atom. The maximum atomic E-state index is 12.6. The summed E-state index contributed by atoms with van der Waals surface area (Å²) in [7, 11) is 0. The zero-order valence-corrected chi connectivity index (χ0v) is 15.6. The fourth-order valence-corrected chi connectivity index (χ4v) is 3.53. The summed E-state index contributed by atoms with van der Waals surface area (Å²) in [5.74, 6) is 0.809. The first-order chi connectivity index (χ1) is 13.7. The number of benzene rings is 2. The van der Waals surface area contributed by atoms with Gasteiger partial charge in [0.25, 0.3) is 0 Å². The number of nitrogens with one attached hydrogen (secondary N) is 1. The molecule has 0 radical (unpaired) electrons. The van der Waals surface area contributed by atoms with Gasteiger partial charge in [0, 0.05) is 31.1 Å². The van der Waals surface area contributed by atoms with Crippen molar-refractivity contribution < 1.29 is 9.90 Å². The van der Waals surface area contributed by atoms with Gasteiger partial charge in [0.2, 0.25) is 0 Å². The number of Topliss-reactive ketones (excluding diaryl/α,β-unsaturated/α-hetero) is 1. The number of aliphatic hydroxyl groups is 1. The van der Waals surface area contributed by atoms with E-state index in [1.807, 2.05) is 36.4 Å². The van der Waals surface area contributed by atoms with Crippen molar-refractivity contribution in [2.75, 3.05) is 6.61 Å². The van der Waals surface area contributed by atoms with Crippen LogP contribution in [-0.2, 0) is 24.2 Å². The molecule has 1 aliphatic heterocycles. The van der Waals surface area contributed by atoms with Crippen molar-refractivity contribution in [3.05, 3.63) is 83.3 Å². The molecule has 1 atom stereocenters. The van der Waals surface area contributed by atoms with E-state index in [-0.39, 0.29) is 12.4 Å². The molecule has 2 N–H and O–H groups in total. The highest BCUT2D eigenvalue weighted by atomic mass is 16.3. The molecule has 6 bridgehead atoms. The number of hydrogen-bond donors (Lipinski definition) is 2. The third kappa shape index (κ3) is 4.32. The second kappa shape index (κ2) is 8.42. The standard InChI is InChI=1S/C23H23N3O2/c27-15-21-22(28)8-7-16-3-2-6-19(12-16)20-9-10-24-23(26-20)13-17-4-1-5-18(11-17)14-25-21/h1-6,9-12,21,25,27H,7-8,13-15H2/t21-/m0/s1. The minimum absolute atomic E-state index is 0.0282. The van der Waals surface area contributed by atoms with Crippen molar-refractivity contribution in [2.45, 2.75) is 31.8 Å². The van der Waals surface area contributed by atoms with Crippen molar-refractivity contribution in [3.8, 4) is 11.3 Å². The Morgan fingerprint density at radius 1 is 1.00 bits per heavy atom. The molecule has 0 aliphatic carbocycles. The van der Waals surface area contributed by atoms with Gasteiger partial charge in [0.05, 0.1) is 18.3 Å². The number of aryl methyl sites for hydroxylation is 1. The van der Waals surface area contributed by atoms with E-state index >= 15 is 0 Å². The highest BCUT2D eigenvalue weighted by Crippen LogP contribution is 2.20. The second-order valence-corrected chi connectivity index (χ2v) is 7.14. The van der Waals surface area contributed by atoms with Crippen LogP contribution in [0.2, 0.25) is 0 Å². The lowest BCUT2D eigenvalue weighted by atomic mass is 10.00. The van der Waals surface area contributed by atoms with Crippen LogP contribution in [0, 0.1) is 0 Å². The molecule has 142 valence electrons. The van der Waals surface area contributed by atoms with E-state index < -0.39 is 6.04 Å². The fourth-order valence-electron chi connectivity index (χ4n) is 3.53. The number of ketones is 1. The first-order valence-electron chi connectivity index (χ1n) is 9.57. The molecule has 5 heteroatoms. The van der Waals surface area contributed by atoms with Crippen LogP contribution in [0.5, 0.6) is 0 Å². The van der Waals surface area contributed by atoms with Crippen molar-refractivity contribution >= 4 is 5.78 Å². The van der Waals surface area contributed by atoms with Crippen molar-refractivity contribution in [1.82, 2.24) is 15.3 Å². The number of carbonyl (C=O) groups excluding carboxylic acids is 1. The Bertz CT molecular complexity index is 987. The quantitative estimate of drug-likeness (QED) is 0.686. The van der Waals surface area contributed by atoms with Crippen molar-refractivity contribution in [1.29, 1.82) is 0 Å². The molecule has 0 saturated carbocycles. The van der Waals surface area contributed by atoms with Crippen LogP contribution in [0.1, 0.15) is 28.9 Å². The third-order valence-electron chi connectivity index (χ3n) is 5.07. The van der Waals surface area contributed by atoms with Crippen LogP contribution in [0.4, 0.5) is 0 Å². The van der Waals surface area contributed by atoms with Gasteiger partial charge in [-0.2, -0.15) is 0 Å². The van der Waals surface area contributed by atoms with E-state index in [2.05, 4.69) is 28.5 Å². The van der Waals surface area contributed by atoms with E-state index in [1.165, 1.54) is 0 Å². The number of fused-ring (bicyclic) bond motifs is 7. The van der Waals surface area contributed by atoms with Crippen molar-refractivity contribution in [3.63, 3.8) is 0 Å². The Labute approximate surface area is 164 Å². The summed E-state index contributed by atoms with van der Waals surface area (Å²) < 4.78 is 0. The lowest BCUT2D eigenvalue weighted by molar-refractivity contribution is -0.122. The lowest BCUT2D eigenvalue weighted by Gasteiger charge is -2.16. The minimum atomic E-state index is -0.546. The zero-order chi connectivity index (χ0) is 19.3. The van der Waals surface area contributed by atoms with Crippen LogP contribution < -0.4 is 5.32 Å². The molecule has 0 amide bonds. The fraction of sp³-hybridized carbons (Fsp3) is 0.261. The average Bonchev–Trinajstić information content (AvgIpc) is 2.73. The molecule has 5 nitrogen and oxygen atoms in total. The first kappa shape index (κ1) is 18.5. The Morgan fingerprint density at radius 3 is 2.71 bits per heavy atom. The monoisotopic (exact) mass is 373 g/mol. The van der Waals surface area contributed by atoms with E-state index in [0.29, 0.717) is 25.8 Å². The molecule has 1 aromatic heterocycles. The van der Waals surface area contributed by atoms with E-state index in [0.717, 1.165) is 33.8 Å². The number of aliphatic hydroxyl groups excluding tert-OH is 1. The minimum Gasteiger partial charge on any atom is -0.394 e. The maximum absolute atomic E-state index is 12.6. The molecule has 4 rings (SSSR count). The number of rotatable bonds is 1. The van der Waals surface area contributed by atoms with Gasteiger partial charge < -0.3 is 10.4 Å².